The van der Waals surface area contributed by atoms with Crippen LogP contribution in [0.25, 0.3) is 82.8 Å². The molecule has 1 aromatic heterocycles. The Bertz CT molecular complexity index is 2700. The Morgan fingerprint density at radius 3 is 1.62 bits per heavy atom. The Labute approximate surface area is 274 Å². The maximum atomic E-state index is 2.64. The summed E-state index contributed by atoms with van der Waals surface area (Å²) < 4.78 is 2.64. The van der Waals surface area contributed by atoms with Crippen LogP contribution in [0.4, 0.5) is 0 Å². The van der Waals surface area contributed by atoms with Crippen LogP contribution in [0.2, 0.25) is 0 Å². The number of aromatic nitrogens is 1. The van der Waals surface area contributed by atoms with E-state index in [9.17, 15) is 0 Å². The Morgan fingerprint density at radius 1 is 0.404 bits per heavy atom. The summed E-state index contributed by atoms with van der Waals surface area (Å²) in [6, 6.07) is 48.1. The molecule has 0 atom stereocenters. The van der Waals surface area contributed by atoms with Crippen LogP contribution in [0.1, 0.15) is 49.9 Å². The van der Waals surface area contributed by atoms with Gasteiger partial charge in [-0.1, -0.05) is 143 Å². The van der Waals surface area contributed by atoms with Crippen molar-refractivity contribution in [2.24, 2.45) is 0 Å². The fourth-order valence-corrected chi connectivity index (χ4v) is 10.00. The van der Waals surface area contributed by atoms with E-state index in [1.54, 1.807) is 0 Å². The van der Waals surface area contributed by atoms with Crippen LogP contribution in [0.15, 0.2) is 127 Å². The molecule has 0 bridgehead atoms. The molecule has 0 unspecified atom stereocenters. The first kappa shape index (κ1) is 25.8. The third-order valence-corrected chi connectivity index (χ3v) is 11.9. The summed E-state index contributed by atoms with van der Waals surface area (Å²) >= 11 is 0. The lowest BCUT2D eigenvalue weighted by atomic mass is 9.76. The summed E-state index contributed by atoms with van der Waals surface area (Å²) in [5, 5.41) is 5.41. The SMILES string of the molecule is CC1(C)c2ccccc2-c2c3c(c4c(c21)c1ccccc1n4-c1ccc2c4c(cccc14)-c1ccccc1-2)C(C)(C)c1ccccc1-3. The average Bonchev–Trinajstić information content (AvgIpc) is 3.75. The van der Waals surface area contributed by atoms with Gasteiger partial charge in [0.1, 0.15) is 0 Å². The van der Waals surface area contributed by atoms with E-state index in [0.29, 0.717) is 0 Å². The van der Waals surface area contributed by atoms with Crippen molar-refractivity contribution in [3.8, 4) is 50.2 Å². The predicted molar refractivity (Wildman–Crippen MR) is 198 cm³/mol. The maximum absolute atomic E-state index is 2.64. The second-order valence-electron chi connectivity index (χ2n) is 14.8. The zero-order valence-electron chi connectivity index (χ0n) is 27.1. The number of hydrogen-bond acceptors (Lipinski definition) is 0. The second-order valence-corrected chi connectivity index (χ2v) is 14.8. The van der Waals surface area contributed by atoms with Gasteiger partial charge in [0.05, 0.1) is 16.7 Å². The Kier molecular flexibility index (Phi) is 4.55. The quantitative estimate of drug-likeness (QED) is 0.177. The summed E-state index contributed by atoms with van der Waals surface area (Å²) in [4.78, 5) is 0. The van der Waals surface area contributed by atoms with Crippen molar-refractivity contribution >= 4 is 32.6 Å². The van der Waals surface area contributed by atoms with Gasteiger partial charge in [0.15, 0.2) is 0 Å². The first-order chi connectivity index (χ1) is 22.9. The molecule has 0 spiro atoms. The highest BCUT2D eigenvalue weighted by molar-refractivity contribution is 6.22. The lowest BCUT2D eigenvalue weighted by Crippen LogP contribution is -2.19. The molecule has 8 aromatic rings. The van der Waals surface area contributed by atoms with E-state index in [-0.39, 0.29) is 10.8 Å². The van der Waals surface area contributed by atoms with Crippen molar-refractivity contribution in [3.63, 3.8) is 0 Å². The molecule has 222 valence electrons. The van der Waals surface area contributed by atoms with E-state index in [2.05, 4.69) is 160 Å². The molecular formula is C46H33N. The molecule has 47 heavy (non-hydrogen) atoms. The highest BCUT2D eigenvalue weighted by atomic mass is 15.0. The zero-order chi connectivity index (χ0) is 31.4. The normalized spacial score (nSPS) is 15.6. The van der Waals surface area contributed by atoms with E-state index in [1.165, 1.54) is 105 Å². The first-order valence-corrected chi connectivity index (χ1v) is 16.9. The molecule has 0 saturated carbocycles. The van der Waals surface area contributed by atoms with Gasteiger partial charge in [-0.15, -0.1) is 0 Å². The molecule has 0 N–H and O–H groups in total. The fourth-order valence-electron chi connectivity index (χ4n) is 10.00. The average molecular weight is 600 g/mol. The van der Waals surface area contributed by atoms with Crippen LogP contribution in [0.5, 0.6) is 0 Å². The smallest absolute Gasteiger partial charge is 0.0591 e. The summed E-state index contributed by atoms with van der Waals surface area (Å²) in [5.41, 5.74) is 20.3. The van der Waals surface area contributed by atoms with Gasteiger partial charge < -0.3 is 4.57 Å². The number of hydrogen-bond donors (Lipinski definition) is 0. The maximum Gasteiger partial charge on any atom is 0.0591 e. The third kappa shape index (κ3) is 2.85. The fraction of sp³-hybridized carbons (Fsp3) is 0.130. The molecule has 0 radical (unpaired) electrons. The molecule has 1 heterocycles. The number of fused-ring (bicyclic) bond motifs is 15. The number of rotatable bonds is 1. The van der Waals surface area contributed by atoms with Gasteiger partial charge in [-0.3, -0.25) is 0 Å². The predicted octanol–water partition coefficient (Wildman–Crippen LogP) is 12.2. The van der Waals surface area contributed by atoms with Crippen LogP contribution in [-0.4, -0.2) is 4.57 Å². The van der Waals surface area contributed by atoms with Gasteiger partial charge in [0, 0.05) is 27.0 Å². The molecular weight excluding hydrogens is 567 g/mol. The molecule has 7 aromatic carbocycles. The first-order valence-electron chi connectivity index (χ1n) is 16.9. The summed E-state index contributed by atoms with van der Waals surface area (Å²) in [6.07, 6.45) is 0. The van der Waals surface area contributed by atoms with Gasteiger partial charge in [-0.05, 0) is 84.3 Å². The highest BCUT2D eigenvalue weighted by Crippen LogP contribution is 2.63. The van der Waals surface area contributed by atoms with Crippen LogP contribution >= 0.6 is 0 Å². The molecule has 0 fully saturated rings. The Balaban J connectivity index is 1.40. The van der Waals surface area contributed by atoms with E-state index < -0.39 is 0 Å². The molecule has 1 heteroatoms. The van der Waals surface area contributed by atoms with Crippen molar-refractivity contribution in [1.82, 2.24) is 4.57 Å². The topological polar surface area (TPSA) is 4.93 Å². The Hall–Kier alpha value is -5.40. The zero-order valence-corrected chi connectivity index (χ0v) is 27.1. The summed E-state index contributed by atoms with van der Waals surface area (Å²) in [5.74, 6) is 0. The van der Waals surface area contributed by atoms with Gasteiger partial charge in [0.2, 0.25) is 0 Å². The summed E-state index contributed by atoms with van der Waals surface area (Å²) in [6.45, 7) is 9.78. The van der Waals surface area contributed by atoms with Gasteiger partial charge >= 0.3 is 0 Å². The molecule has 1 nitrogen and oxygen atoms in total. The molecule has 11 rings (SSSR count). The van der Waals surface area contributed by atoms with E-state index in [0.717, 1.165) is 0 Å². The summed E-state index contributed by atoms with van der Waals surface area (Å²) in [7, 11) is 0. The van der Waals surface area contributed by atoms with Crippen molar-refractivity contribution in [2.75, 3.05) is 0 Å². The van der Waals surface area contributed by atoms with Crippen LogP contribution in [0, 0.1) is 0 Å². The van der Waals surface area contributed by atoms with Gasteiger partial charge in [-0.2, -0.15) is 0 Å². The molecule has 0 aliphatic heterocycles. The second kappa shape index (κ2) is 8.30. The minimum atomic E-state index is -0.182. The van der Waals surface area contributed by atoms with Crippen molar-refractivity contribution in [3.05, 3.63) is 150 Å². The van der Waals surface area contributed by atoms with E-state index in [4.69, 9.17) is 0 Å². The van der Waals surface area contributed by atoms with Crippen molar-refractivity contribution in [1.29, 1.82) is 0 Å². The van der Waals surface area contributed by atoms with Gasteiger partial charge in [0.25, 0.3) is 0 Å². The molecule has 0 saturated heterocycles. The standard InChI is InChI=1S/C46H33N/c1-45(2)34-21-10-7-16-30(34)39-40-31-17-8-11-22-35(31)46(3,4)43(40)44-41(42(39)45)33-18-9-12-23-36(33)47(44)37-25-24-29-27-15-6-5-14-26(27)28-19-13-20-32(37)38(28)29/h5-25H,1-4H3. The minimum Gasteiger partial charge on any atom is -0.308 e. The van der Waals surface area contributed by atoms with E-state index >= 15 is 0 Å². The molecule has 3 aliphatic rings. The molecule has 3 aliphatic carbocycles. The number of nitrogens with zero attached hydrogens (tertiary/aromatic N) is 1. The van der Waals surface area contributed by atoms with Crippen molar-refractivity contribution < 1.29 is 0 Å². The highest BCUT2D eigenvalue weighted by Gasteiger charge is 2.47. The number of para-hydroxylation sites is 1. The Morgan fingerprint density at radius 2 is 0.915 bits per heavy atom. The third-order valence-electron chi connectivity index (χ3n) is 11.9. The van der Waals surface area contributed by atoms with E-state index in [1.807, 2.05) is 0 Å². The monoisotopic (exact) mass is 599 g/mol. The molecule has 0 amide bonds. The largest absolute Gasteiger partial charge is 0.308 e. The van der Waals surface area contributed by atoms with Gasteiger partial charge in [-0.25, -0.2) is 0 Å². The lowest BCUT2D eigenvalue weighted by Gasteiger charge is -2.27. The van der Waals surface area contributed by atoms with Crippen LogP contribution in [-0.2, 0) is 10.8 Å². The number of benzene rings is 7. The van der Waals surface area contributed by atoms with Crippen LogP contribution in [0.3, 0.4) is 0 Å². The minimum absolute atomic E-state index is 0.153. The van der Waals surface area contributed by atoms with Crippen molar-refractivity contribution in [2.45, 2.75) is 38.5 Å². The lowest BCUT2D eigenvalue weighted by molar-refractivity contribution is 0.658. The van der Waals surface area contributed by atoms with Crippen LogP contribution < -0.4 is 0 Å².